The Labute approximate surface area is 320 Å². The van der Waals surface area contributed by atoms with Crippen molar-refractivity contribution in [2.45, 2.75) is 81.8 Å². The van der Waals surface area contributed by atoms with E-state index in [2.05, 4.69) is 31.2 Å². The van der Waals surface area contributed by atoms with Crippen LogP contribution >= 0.6 is 11.6 Å². The fourth-order valence-corrected chi connectivity index (χ4v) is 7.69. The molecule has 5 N–H and O–H groups in total. The zero-order valence-corrected chi connectivity index (χ0v) is 31.0. The molecular weight excluding hydrogens is 739 g/mol. The normalized spacial score (nSPS) is 18.7. The number of amides is 1. The lowest BCUT2D eigenvalue weighted by Crippen LogP contribution is -2.38. The van der Waals surface area contributed by atoms with Crippen molar-refractivity contribution in [3.05, 3.63) is 81.5 Å². The number of methoxy groups -OCH3 is 2. The van der Waals surface area contributed by atoms with Gasteiger partial charge in [-0.2, -0.15) is 18.2 Å². The van der Waals surface area contributed by atoms with Crippen molar-refractivity contribution in [3.63, 3.8) is 0 Å². The summed E-state index contributed by atoms with van der Waals surface area (Å²) in [6.07, 6.45) is 0.882. The van der Waals surface area contributed by atoms with Gasteiger partial charge < -0.3 is 30.5 Å². The van der Waals surface area contributed by atoms with E-state index in [1.165, 1.54) is 7.11 Å². The molecule has 3 aliphatic rings. The highest BCUT2D eigenvalue weighted by Crippen LogP contribution is 2.44. The lowest BCUT2D eigenvalue weighted by atomic mass is 9.83. The molecule has 2 fully saturated rings. The molecule has 7 rings (SSSR count). The molecule has 1 aromatic carbocycles. The molecule has 4 aromatic rings. The highest BCUT2D eigenvalue weighted by Gasteiger charge is 2.50. The summed E-state index contributed by atoms with van der Waals surface area (Å²) < 4.78 is 54.7. The summed E-state index contributed by atoms with van der Waals surface area (Å²) in [5.74, 6) is -0.960. The summed E-state index contributed by atoms with van der Waals surface area (Å²) in [7, 11) is 2.87. The number of halogens is 4. The first kappa shape index (κ1) is 38.3. The number of ether oxygens (including phenoxy) is 2. The monoisotopic (exact) mass is 779 g/mol. The minimum absolute atomic E-state index is 0.0321. The second-order valence-electron chi connectivity index (χ2n) is 14.1. The second-order valence-corrected chi connectivity index (χ2v) is 14.5. The van der Waals surface area contributed by atoms with E-state index in [1.54, 1.807) is 19.4 Å². The topological polar surface area (TPSA) is 160 Å². The van der Waals surface area contributed by atoms with Crippen LogP contribution in [-0.2, 0) is 35.3 Å². The largest absolute Gasteiger partial charge is 0.481 e. The lowest BCUT2D eigenvalue weighted by Gasteiger charge is -2.30. The first-order valence-electron chi connectivity index (χ1n) is 18.1. The minimum Gasteiger partial charge on any atom is -0.481 e. The van der Waals surface area contributed by atoms with Crippen LogP contribution < -0.4 is 30.7 Å². The van der Waals surface area contributed by atoms with Crippen molar-refractivity contribution in [2.75, 3.05) is 26.1 Å². The number of pyridine rings is 3. The molecule has 0 spiro atoms. The number of fused-ring (bicyclic) bond motifs is 1. The van der Waals surface area contributed by atoms with E-state index in [9.17, 15) is 27.9 Å². The number of aliphatic carboxylic acids is 1. The highest BCUT2D eigenvalue weighted by atomic mass is 35.5. The summed E-state index contributed by atoms with van der Waals surface area (Å²) in [5, 5.41) is 22.1. The molecule has 3 aromatic heterocycles. The van der Waals surface area contributed by atoms with Gasteiger partial charge in [0.25, 0.3) is 0 Å². The van der Waals surface area contributed by atoms with Crippen LogP contribution in [0.4, 0.5) is 19.0 Å². The third-order valence-corrected chi connectivity index (χ3v) is 10.9. The standard InChI is InChI=1S/C39H41ClF3N7O5/c1-54-35-21(18-44-20-23-10-12-31(51)47-23)9-11-30(49-35)27-13-16-45-33(32(27)40)26-7-3-6-25-24(26)5-4-8-29(25)48-34-28(39(41,42)43)17-22(36(50-34)55-2)19-46-38(14-15-38)37(52)53/h3,6-7,9,11,13,16-17,23,29,44,46H,4-5,8,10,12,14-15,18-20H2,1-2H3,(H,47,51)(H,48,50)(H,52,53)/t23-,29-/m0/s1. The van der Waals surface area contributed by atoms with Gasteiger partial charge in [-0.3, -0.25) is 19.9 Å². The first-order valence-corrected chi connectivity index (χ1v) is 18.5. The van der Waals surface area contributed by atoms with Crippen LogP contribution in [0.3, 0.4) is 0 Å². The SMILES string of the molecule is COc1nc(-c2ccnc(-c3cccc4c3CCC[C@@H]4Nc3nc(OC)c(CNC4(C(=O)O)CC4)cc3C(F)(F)F)c2Cl)ccc1CNC[C@@H]1CCC(=O)N1. The molecule has 12 nitrogen and oxygen atoms in total. The van der Waals surface area contributed by atoms with Crippen LogP contribution in [0.1, 0.15) is 72.4 Å². The number of alkyl halides is 3. The number of hydrogen-bond acceptors (Lipinski definition) is 10. The maximum Gasteiger partial charge on any atom is 0.419 e. The van der Waals surface area contributed by atoms with Crippen molar-refractivity contribution in [2.24, 2.45) is 0 Å². The minimum atomic E-state index is -4.75. The molecule has 16 heteroatoms. The van der Waals surface area contributed by atoms with Crippen LogP contribution in [0.25, 0.3) is 22.5 Å². The van der Waals surface area contributed by atoms with E-state index < -0.39 is 29.3 Å². The molecule has 2 aliphatic carbocycles. The van der Waals surface area contributed by atoms with Crippen molar-refractivity contribution in [3.8, 4) is 34.3 Å². The van der Waals surface area contributed by atoms with Gasteiger partial charge in [0.2, 0.25) is 17.7 Å². The Bertz CT molecular complexity index is 2110. The molecule has 55 heavy (non-hydrogen) atoms. The number of carboxylic acids is 1. The smallest absolute Gasteiger partial charge is 0.419 e. The fourth-order valence-electron chi connectivity index (χ4n) is 7.38. The van der Waals surface area contributed by atoms with Crippen molar-refractivity contribution in [1.29, 1.82) is 0 Å². The molecule has 1 amide bonds. The molecular formula is C39H41ClF3N7O5. The third-order valence-electron chi connectivity index (χ3n) is 10.5. The third kappa shape index (κ3) is 8.05. The first-order chi connectivity index (χ1) is 26.4. The molecule has 0 unspecified atom stereocenters. The van der Waals surface area contributed by atoms with E-state index in [0.717, 1.165) is 34.7 Å². The van der Waals surface area contributed by atoms with Crippen LogP contribution in [0.5, 0.6) is 11.8 Å². The maximum atomic E-state index is 14.5. The van der Waals surface area contributed by atoms with E-state index in [0.29, 0.717) is 79.5 Å². The van der Waals surface area contributed by atoms with Crippen LogP contribution in [-0.4, -0.2) is 64.3 Å². The average molecular weight is 780 g/mol. The molecule has 2 atom stereocenters. The number of anilines is 1. The number of carbonyl (C=O) groups is 2. The van der Waals surface area contributed by atoms with E-state index in [4.69, 9.17) is 26.1 Å². The van der Waals surface area contributed by atoms with Crippen molar-refractivity contribution >= 4 is 29.3 Å². The van der Waals surface area contributed by atoms with Gasteiger partial charge in [-0.1, -0.05) is 35.9 Å². The number of nitrogens with zero attached hydrogens (tertiary/aromatic N) is 3. The number of aromatic nitrogens is 3. The van der Waals surface area contributed by atoms with E-state index in [-0.39, 0.29) is 35.8 Å². The Morgan fingerprint density at radius 1 is 1.02 bits per heavy atom. The summed E-state index contributed by atoms with van der Waals surface area (Å²) in [6, 6.07) is 11.7. The Kier molecular flexibility index (Phi) is 10.9. The van der Waals surface area contributed by atoms with Gasteiger partial charge in [0, 0.05) is 60.5 Å². The fraction of sp³-hybridized carbons (Fsp3) is 0.410. The quantitative estimate of drug-likeness (QED) is 0.0957. The van der Waals surface area contributed by atoms with Gasteiger partial charge >= 0.3 is 12.1 Å². The zero-order chi connectivity index (χ0) is 38.9. The molecule has 1 aliphatic heterocycles. The van der Waals surface area contributed by atoms with Crippen LogP contribution in [0, 0.1) is 0 Å². The highest BCUT2D eigenvalue weighted by molar-refractivity contribution is 6.35. The van der Waals surface area contributed by atoms with E-state index in [1.807, 2.05) is 30.3 Å². The Hall–Kier alpha value is -4.99. The summed E-state index contributed by atoms with van der Waals surface area (Å²) in [5.41, 5.74) is 3.03. The lowest BCUT2D eigenvalue weighted by molar-refractivity contribution is -0.141. The van der Waals surface area contributed by atoms with Gasteiger partial charge in [-0.25, -0.2) is 4.98 Å². The predicted octanol–water partition coefficient (Wildman–Crippen LogP) is 6.46. The van der Waals surface area contributed by atoms with Crippen LogP contribution in [0.2, 0.25) is 5.02 Å². The Morgan fingerprint density at radius 2 is 1.80 bits per heavy atom. The molecule has 0 bridgehead atoms. The number of rotatable bonds is 14. The molecule has 0 radical (unpaired) electrons. The second kappa shape index (κ2) is 15.6. The van der Waals surface area contributed by atoms with Crippen molar-refractivity contribution < 1.29 is 37.3 Å². The van der Waals surface area contributed by atoms with Crippen molar-refractivity contribution in [1.82, 2.24) is 30.9 Å². The van der Waals surface area contributed by atoms with Gasteiger partial charge in [-0.15, -0.1) is 0 Å². The molecule has 1 saturated carbocycles. The summed E-state index contributed by atoms with van der Waals surface area (Å²) >= 11 is 7.09. The average Bonchev–Trinajstić information content (AvgIpc) is 3.86. The van der Waals surface area contributed by atoms with Gasteiger partial charge in [0.15, 0.2) is 0 Å². The molecule has 1 saturated heterocycles. The van der Waals surface area contributed by atoms with Gasteiger partial charge in [0.1, 0.15) is 11.4 Å². The molecule has 290 valence electrons. The number of carbonyl (C=O) groups excluding carboxylic acids is 1. The number of nitrogens with one attached hydrogen (secondary N) is 4. The number of hydrogen-bond donors (Lipinski definition) is 5. The maximum absolute atomic E-state index is 14.5. The molecule has 4 heterocycles. The Balaban J connectivity index is 1.15. The predicted molar refractivity (Wildman–Crippen MR) is 199 cm³/mol. The summed E-state index contributed by atoms with van der Waals surface area (Å²) in [4.78, 5) is 36.9. The zero-order valence-electron chi connectivity index (χ0n) is 30.3. The van der Waals surface area contributed by atoms with E-state index >= 15 is 0 Å². The van der Waals surface area contributed by atoms with Crippen LogP contribution in [0.15, 0.2) is 48.7 Å². The number of benzene rings is 1. The van der Waals surface area contributed by atoms with Gasteiger partial charge in [0.05, 0.1) is 42.2 Å². The number of carboxylic acid groups (broad SMARTS) is 1. The Morgan fingerprint density at radius 3 is 2.49 bits per heavy atom. The van der Waals surface area contributed by atoms with Gasteiger partial charge in [-0.05, 0) is 67.9 Å². The summed E-state index contributed by atoms with van der Waals surface area (Å²) in [6.45, 7) is 0.966.